The van der Waals surface area contributed by atoms with Crippen LogP contribution in [0.5, 0.6) is 0 Å². The molecule has 0 aromatic rings. The number of oxime groups is 1. The first-order valence-corrected chi connectivity index (χ1v) is 7.41. The lowest BCUT2D eigenvalue weighted by Crippen LogP contribution is -2.56. The summed E-state index contributed by atoms with van der Waals surface area (Å²) in [5.74, 6) is 0.807. The summed E-state index contributed by atoms with van der Waals surface area (Å²) in [4.78, 5) is 16.8. The van der Waals surface area contributed by atoms with E-state index < -0.39 is 5.41 Å². The van der Waals surface area contributed by atoms with Crippen LogP contribution < -0.4 is 5.73 Å². The van der Waals surface area contributed by atoms with Crippen molar-refractivity contribution in [3.63, 3.8) is 0 Å². The van der Waals surface area contributed by atoms with E-state index in [9.17, 15) is 4.79 Å². The zero-order valence-electron chi connectivity index (χ0n) is 12.5. The standard InChI is InChI=1S/C14H26N4O2/c1-17(2)10-11-4-8-18(9-5-11)13(19)14(6-3-7-14)12(15)16-20/h11,20H,3-10H2,1-2H3,(H2,15,16). The molecule has 1 saturated heterocycles. The van der Waals surface area contributed by atoms with Crippen molar-refractivity contribution in [2.24, 2.45) is 22.2 Å². The maximum absolute atomic E-state index is 12.7. The molecule has 20 heavy (non-hydrogen) atoms. The molecular formula is C14H26N4O2. The molecule has 2 aliphatic rings. The van der Waals surface area contributed by atoms with Crippen LogP contribution in [0, 0.1) is 11.3 Å². The Kier molecular flexibility index (Phi) is 4.52. The molecule has 0 radical (unpaired) electrons. The third-order valence-corrected chi connectivity index (χ3v) is 4.74. The minimum Gasteiger partial charge on any atom is -0.409 e. The van der Waals surface area contributed by atoms with Crippen molar-refractivity contribution in [3.05, 3.63) is 0 Å². The molecule has 1 aliphatic carbocycles. The number of amidine groups is 1. The quantitative estimate of drug-likeness (QED) is 0.344. The van der Waals surface area contributed by atoms with Crippen molar-refractivity contribution in [2.45, 2.75) is 32.1 Å². The molecule has 1 amide bonds. The molecule has 6 nitrogen and oxygen atoms in total. The third kappa shape index (κ3) is 2.75. The Balaban J connectivity index is 1.95. The highest BCUT2D eigenvalue weighted by atomic mass is 16.4. The number of piperidine rings is 1. The molecular weight excluding hydrogens is 256 g/mol. The molecule has 0 aromatic carbocycles. The lowest BCUT2D eigenvalue weighted by atomic mass is 9.66. The van der Waals surface area contributed by atoms with Crippen LogP contribution in [0.15, 0.2) is 5.16 Å². The summed E-state index contributed by atoms with van der Waals surface area (Å²) in [6.45, 7) is 2.66. The van der Waals surface area contributed by atoms with Gasteiger partial charge in [0.15, 0.2) is 5.84 Å². The highest BCUT2D eigenvalue weighted by Crippen LogP contribution is 2.43. The molecule has 0 unspecified atom stereocenters. The van der Waals surface area contributed by atoms with Crippen molar-refractivity contribution >= 4 is 11.7 Å². The van der Waals surface area contributed by atoms with Gasteiger partial charge in [-0.2, -0.15) is 0 Å². The van der Waals surface area contributed by atoms with Gasteiger partial charge in [0.1, 0.15) is 5.41 Å². The number of likely N-dealkylation sites (tertiary alicyclic amines) is 1. The average Bonchev–Trinajstić information content (AvgIpc) is 2.37. The highest BCUT2D eigenvalue weighted by Gasteiger charge is 2.50. The Labute approximate surface area is 120 Å². The Hall–Kier alpha value is -1.30. The van der Waals surface area contributed by atoms with E-state index in [0.29, 0.717) is 18.8 Å². The van der Waals surface area contributed by atoms with E-state index >= 15 is 0 Å². The molecule has 3 N–H and O–H groups in total. The van der Waals surface area contributed by atoms with Gasteiger partial charge in [0.05, 0.1) is 0 Å². The Morgan fingerprint density at radius 3 is 2.40 bits per heavy atom. The number of carbonyl (C=O) groups excluding carboxylic acids is 1. The van der Waals surface area contributed by atoms with E-state index in [4.69, 9.17) is 10.9 Å². The van der Waals surface area contributed by atoms with E-state index in [1.54, 1.807) is 0 Å². The normalized spacial score (nSPS) is 23.8. The Morgan fingerprint density at radius 1 is 1.40 bits per heavy atom. The molecule has 0 atom stereocenters. The Morgan fingerprint density at radius 2 is 2.00 bits per heavy atom. The molecule has 2 rings (SSSR count). The van der Waals surface area contributed by atoms with Gasteiger partial charge in [-0.05, 0) is 45.7 Å². The van der Waals surface area contributed by atoms with Crippen LogP contribution in [0.25, 0.3) is 0 Å². The highest BCUT2D eigenvalue weighted by molar-refractivity contribution is 6.07. The van der Waals surface area contributed by atoms with E-state index in [1.165, 1.54) is 0 Å². The summed E-state index contributed by atoms with van der Waals surface area (Å²) in [6, 6.07) is 0. The zero-order valence-corrected chi connectivity index (χ0v) is 12.5. The van der Waals surface area contributed by atoms with Gasteiger partial charge in [-0.15, -0.1) is 0 Å². The molecule has 0 spiro atoms. The summed E-state index contributed by atoms with van der Waals surface area (Å²) < 4.78 is 0. The van der Waals surface area contributed by atoms with Crippen molar-refractivity contribution < 1.29 is 10.0 Å². The fraction of sp³-hybridized carbons (Fsp3) is 0.857. The predicted molar refractivity (Wildman–Crippen MR) is 77.6 cm³/mol. The maximum Gasteiger partial charge on any atom is 0.236 e. The summed E-state index contributed by atoms with van der Waals surface area (Å²) in [5, 5.41) is 12.0. The molecule has 6 heteroatoms. The molecule has 1 heterocycles. The van der Waals surface area contributed by atoms with E-state index in [-0.39, 0.29) is 11.7 Å². The van der Waals surface area contributed by atoms with E-state index in [1.807, 2.05) is 4.90 Å². The van der Waals surface area contributed by atoms with Crippen LogP contribution in [0.4, 0.5) is 0 Å². The van der Waals surface area contributed by atoms with E-state index in [2.05, 4.69) is 24.2 Å². The fourth-order valence-electron chi connectivity index (χ4n) is 3.34. The Bertz CT molecular complexity index is 383. The zero-order chi connectivity index (χ0) is 14.8. The second kappa shape index (κ2) is 5.99. The molecule has 1 aliphatic heterocycles. The van der Waals surface area contributed by atoms with E-state index in [0.717, 1.165) is 38.9 Å². The van der Waals surface area contributed by atoms with Crippen LogP contribution in [0.3, 0.4) is 0 Å². The number of amides is 1. The minimum atomic E-state index is -0.719. The molecule has 1 saturated carbocycles. The topological polar surface area (TPSA) is 82.2 Å². The fourth-order valence-corrected chi connectivity index (χ4v) is 3.34. The van der Waals surface area contributed by atoms with Crippen LogP contribution in [-0.4, -0.2) is 60.5 Å². The molecule has 0 aromatic heterocycles. The molecule has 0 bridgehead atoms. The van der Waals surface area contributed by atoms with Crippen molar-refractivity contribution in [1.82, 2.24) is 9.80 Å². The summed E-state index contributed by atoms with van der Waals surface area (Å²) in [6.07, 6.45) is 4.46. The van der Waals surface area contributed by atoms with Gasteiger partial charge in [-0.3, -0.25) is 4.79 Å². The van der Waals surface area contributed by atoms with Gasteiger partial charge in [-0.25, -0.2) is 0 Å². The van der Waals surface area contributed by atoms with Crippen LogP contribution >= 0.6 is 0 Å². The first kappa shape index (κ1) is 15.1. The minimum absolute atomic E-state index is 0.0577. The largest absolute Gasteiger partial charge is 0.409 e. The van der Waals surface area contributed by atoms with Gasteiger partial charge in [0, 0.05) is 19.6 Å². The van der Waals surface area contributed by atoms with Crippen molar-refractivity contribution in [2.75, 3.05) is 33.7 Å². The number of nitrogens with two attached hydrogens (primary N) is 1. The predicted octanol–water partition coefficient (Wildman–Crippen LogP) is 0.703. The second-order valence-electron chi connectivity index (χ2n) is 6.42. The number of carbonyl (C=O) groups is 1. The number of hydrogen-bond acceptors (Lipinski definition) is 4. The van der Waals surface area contributed by atoms with Gasteiger partial charge in [0.2, 0.25) is 5.91 Å². The summed E-state index contributed by atoms with van der Waals surface area (Å²) in [7, 11) is 4.17. The smallest absolute Gasteiger partial charge is 0.236 e. The lowest BCUT2D eigenvalue weighted by molar-refractivity contribution is -0.143. The van der Waals surface area contributed by atoms with Gasteiger partial charge < -0.3 is 20.7 Å². The van der Waals surface area contributed by atoms with Crippen molar-refractivity contribution in [3.8, 4) is 0 Å². The van der Waals surface area contributed by atoms with Gasteiger partial charge in [-0.1, -0.05) is 11.6 Å². The average molecular weight is 282 g/mol. The van der Waals surface area contributed by atoms with Gasteiger partial charge >= 0.3 is 0 Å². The summed E-state index contributed by atoms with van der Waals surface area (Å²) in [5.41, 5.74) is 5.04. The summed E-state index contributed by atoms with van der Waals surface area (Å²) >= 11 is 0. The van der Waals surface area contributed by atoms with Gasteiger partial charge in [0.25, 0.3) is 0 Å². The number of nitrogens with zero attached hydrogens (tertiary/aromatic N) is 3. The third-order valence-electron chi connectivity index (χ3n) is 4.74. The number of hydrogen-bond donors (Lipinski definition) is 2. The van der Waals surface area contributed by atoms with Crippen LogP contribution in [0.1, 0.15) is 32.1 Å². The number of rotatable bonds is 4. The molecule has 114 valence electrons. The molecule has 2 fully saturated rings. The lowest BCUT2D eigenvalue weighted by Gasteiger charge is -2.44. The maximum atomic E-state index is 12.7. The monoisotopic (exact) mass is 282 g/mol. The second-order valence-corrected chi connectivity index (χ2v) is 6.42. The van der Waals surface area contributed by atoms with Crippen molar-refractivity contribution in [1.29, 1.82) is 0 Å². The first-order chi connectivity index (χ1) is 9.49. The first-order valence-electron chi connectivity index (χ1n) is 7.41. The van der Waals surface area contributed by atoms with Crippen LogP contribution in [0.2, 0.25) is 0 Å². The van der Waals surface area contributed by atoms with Crippen LogP contribution in [-0.2, 0) is 4.79 Å². The SMILES string of the molecule is CN(C)CC1CCN(C(=O)C2(C(N)=NO)CCC2)CC1.